The lowest BCUT2D eigenvalue weighted by Gasteiger charge is -2.38. The van der Waals surface area contributed by atoms with Crippen LogP contribution >= 0.6 is 11.3 Å². The molecule has 0 unspecified atom stereocenters. The summed E-state index contributed by atoms with van der Waals surface area (Å²) in [4.78, 5) is 16.5. The SMILES string of the molecule is CCN1CC(Oc2ccc(C(=O)c3c(-c4ccc(O)cc4)sc4cc(O)ccc34)cc2F)C1. The van der Waals surface area contributed by atoms with Gasteiger partial charge in [0, 0.05) is 39.2 Å². The Kier molecular flexibility index (Phi) is 5.52. The zero-order valence-electron chi connectivity index (χ0n) is 17.9. The number of fused-ring (bicyclic) bond motifs is 1. The van der Waals surface area contributed by atoms with Crippen LogP contribution in [0.1, 0.15) is 22.8 Å². The number of nitrogens with zero attached hydrogens (tertiary/aromatic N) is 1. The summed E-state index contributed by atoms with van der Waals surface area (Å²) in [6, 6.07) is 15.7. The molecule has 0 amide bonds. The van der Waals surface area contributed by atoms with Crippen LogP contribution in [0.15, 0.2) is 60.7 Å². The van der Waals surface area contributed by atoms with Crippen LogP contribution in [0, 0.1) is 5.82 Å². The lowest BCUT2D eigenvalue weighted by Crippen LogP contribution is -2.53. The number of likely N-dealkylation sites (tertiary alicyclic amines) is 1. The van der Waals surface area contributed by atoms with Gasteiger partial charge in [-0.3, -0.25) is 9.69 Å². The Balaban J connectivity index is 1.52. The highest BCUT2D eigenvalue weighted by Crippen LogP contribution is 2.41. The van der Waals surface area contributed by atoms with E-state index in [2.05, 4.69) is 11.8 Å². The molecule has 168 valence electrons. The summed E-state index contributed by atoms with van der Waals surface area (Å²) in [6.07, 6.45) is -0.0457. The van der Waals surface area contributed by atoms with Crippen LogP contribution in [0.2, 0.25) is 0 Å². The highest BCUT2D eigenvalue weighted by molar-refractivity contribution is 7.22. The number of aromatic hydroxyl groups is 2. The molecule has 0 spiro atoms. The van der Waals surface area contributed by atoms with Gasteiger partial charge in [-0.25, -0.2) is 4.39 Å². The average molecular weight is 464 g/mol. The number of carbonyl (C=O) groups is 1. The highest BCUT2D eigenvalue weighted by atomic mass is 32.1. The summed E-state index contributed by atoms with van der Waals surface area (Å²) in [5.41, 5.74) is 1.41. The van der Waals surface area contributed by atoms with Crippen molar-refractivity contribution in [1.82, 2.24) is 4.90 Å². The highest BCUT2D eigenvalue weighted by Gasteiger charge is 2.28. The third-order valence-electron chi connectivity index (χ3n) is 5.89. The normalized spacial score (nSPS) is 14.4. The van der Waals surface area contributed by atoms with Gasteiger partial charge in [0.05, 0.1) is 0 Å². The molecule has 1 aromatic heterocycles. The number of halogens is 1. The number of hydrogen-bond donors (Lipinski definition) is 2. The summed E-state index contributed by atoms with van der Waals surface area (Å²) in [7, 11) is 0. The van der Waals surface area contributed by atoms with Crippen LogP contribution in [0.5, 0.6) is 17.2 Å². The van der Waals surface area contributed by atoms with E-state index in [0.717, 1.165) is 29.9 Å². The molecule has 3 aromatic carbocycles. The summed E-state index contributed by atoms with van der Waals surface area (Å²) in [6.45, 7) is 4.53. The Bertz CT molecular complexity index is 1340. The van der Waals surface area contributed by atoms with E-state index in [-0.39, 0.29) is 34.7 Å². The van der Waals surface area contributed by atoms with Crippen LogP contribution in [0.4, 0.5) is 4.39 Å². The maximum atomic E-state index is 14.8. The van der Waals surface area contributed by atoms with Crippen LogP contribution in [0.3, 0.4) is 0 Å². The Labute approximate surface area is 194 Å². The van der Waals surface area contributed by atoms with Crippen LogP contribution < -0.4 is 4.74 Å². The number of phenols is 2. The van der Waals surface area contributed by atoms with Crippen molar-refractivity contribution in [2.75, 3.05) is 19.6 Å². The van der Waals surface area contributed by atoms with Crippen molar-refractivity contribution in [3.63, 3.8) is 0 Å². The maximum Gasteiger partial charge on any atom is 0.195 e. The number of hydrogen-bond acceptors (Lipinski definition) is 6. The van der Waals surface area contributed by atoms with E-state index in [0.29, 0.717) is 15.8 Å². The minimum Gasteiger partial charge on any atom is -0.508 e. The fraction of sp³-hybridized carbons (Fsp3) is 0.192. The first-order chi connectivity index (χ1) is 15.9. The Morgan fingerprint density at radius 3 is 2.48 bits per heavy atom. The number of carbonyl (C=O) groups excluding carboxylic acids is 1. The number of phenolic OH excluding ortho intramolecular Hbond substituents is 2. The number of likely N-dealkylation sites (N-methyl/N-ethyl adjacent to an activating group) is 1. The van der Waals surface area contributed by atoms with E-state index < -0.39 is 5.82 Å². The second-order valence-corrected chi connectivity index (χ2v) is 9.15. The van der Waals surface area contributed by atoms with Crippen molar-refractivity contribution < 1.29 is 24.1 Å². The fourth-order valence-corrected chi connectivity index (χ4v) is 5.28. The van der Waals surface area contributed by atoms with E-state index in [1.54, 1.807) is 42.5 Å². The van der Waals surface area contributed by atoms with E-state index in [1.165, 1.54) is 29.5 Å². The Morgan fingerprint density at radius 2 is 1.79 bits per heavy atom. The number of thiophene rings is 1. The molecule has 1 saturated heterocycles. The zero-order valence-corrected chi connectivity index (χ0v) is 18.7. The second kappa shape index (κ2) is 8.50. The maximum absolute atomic E-state index is 14.8. The Morgan fingerprint density at radius 1 is 1.06 bits per heavy atom. The average Bonchev–Trinajstić information content (AvgIpc) is 3.15. The van der Waals surface area contributed by atoms with Gasteiger partial charge in [0.25, 0.3) is 0 Å². The lowest BCUT2D eigenvalue weighted by atomic mass is 9.97. The molecule has 2 heterocycles. The van der Waals surface area contributed by atoms with Gasteiger partial charge in [0.1, 0.15) is 17.6 Å². The first kappa shape index (κ1) is 21.4. The van der Waals surface area contributed by atoms with Gasteiger partial charge < -0.3 is 14.9 Å². The van der Waals surface area contributed by atoms with Crippen molar-refractivity contribution in [3.05, 3.63) is 77.6 Å². The van der Waals surface area contributed by atoms with Gasteiger partial charge in [-0.05, 0) is 72.8 Å². The van der Waals surface area contributed by atoms with E-state index in [4.69, 9.17) is 4.74 Å². The molecule has 0 atom stereocenters. The van der Waals surface area contributed by atoms with Crippen LogP contribution in [-0.4, -0.2) is 46.6 Å². The smallest absolute Gasteiger partial charge is 0.195 e. The first-order valence-corrected chi connectivity index (χ1v) is 11.5. The van der Waals surface area contributed by atoms with E-state index in [1.807, 2.05) is 0 Å². The minimum absolute atomic E-state index is 0.0457. The van der Waals surface area contributed by atoms with Gasteiger partial charge in [-0.2, -0.15) is 0 Å². The third kappa shape index (κ3) is 4.05. The van der Waals surface area contributed by atoms with Gasteiger partial charge in [-0.15, -0.1) is 11.3 Å². The number of benzene rings is 3. The topological polar surface area (TPSA) is 70.0 Å². The standard InChI is InChI=1S/C26H22FNO4S/c1-2-28-13-19(14-28)32-22-10-5-16(11-21(22)27)25(31)24-20-9-8-18(30)12-23(20)33-26(24)15-3-6-17(29)7-4-15/h3-12,19,29-30H,2,13-14H2,1H3. The van der Waals surface area contributed by atoms with E-state index in [9.17, 15) is 19.4 Å². The van der Waals surface area contributed by atoms with Gasteiger partial charge in [0.2, 0.25) is 0 Å². The van der Waals surface area contributed by atoms with Crippen molar-refractivity contribution >= 4 is 27.2 Å². The summed E-state index contributed by atoms with van der Waals surface area (Å²) >= 11 is 1.36. The Hall–Kier alpha value is -3.42. The summed E-state index contributed by atoms with van der Waals surface area (Å²) in [5.74, 6) is -0.520. The van der Waals surface area contributed by atoms with Crippen molar-refractivity contribution in [2.24, 2.45) is 0 Å². The number of ketones is 1. The zero-order chi connectivity index (χ0) is 23.1. The fourth-order valence-electron chi connectivity index (χ4n) is 4.04. The molecular formula is C26H22FNO4S. The van der Waals surface area contributed by atoms with E-state index >= 15 is 0 Å². The molecule has 0 radical (unpaired) electrons. The molecule has 5 nitrogen and oxygen atoms in total. The monoisotopic (exact) mass is 463 g/mol. The van der Waals surface area contributed by atoms with Crippen LogP contribution in [0.25, 0.3) is 20.5 Å². The first-order valence-electron chi connectivity index (χ1n) is 10.7. The molecule has 0 bridgehead atoms. The quantitative estimate of drug-likeness (QED) is 0.373. The molecule has 1 aliphatic heterocycles. The second-order valence-electron chi connectivity index (χ2n) is 8.10. The van der Waals surface area contributed by atoms with Gasteiger partial charge in [0.15, 0.2) is 17.3 Å². The predicted octanol–water partition coefficient (Wildman–Crippen LogP) is 5.43. The molecular weight excluding hydrogens is 441 g/mol. The molecule has 4 aromatic rings. The molecule has 0 saturated carbocycles. The molecule has 7 heteroatoms. The molecule has 33 heavy (non-hydrogen) atoms. The number of ether oxygens (including phenoxy) is 1. The molecule has 5 rings (SSSR count). The lowest BCUT2D eigenvalue weighted by molar-refractivity contribution is 0.0214. The number of rotatable bonds is 6. The molecule has 1 aliphatic rings. The molecule has 0 aliphatic carbocycles. The minimum atomic E-state index is -0.570. The summed E-state index contributed by atoms with van der Waals surface area (Å²) < 4.78 is 21.3. The van der Waals surface area contributed by atoms with Crippen molar-refractivity contribution in [1.29, 1.82) is 0 Å². The molecule has 2 N–H and O–H groups in total. The van der Waals surface area contributed by atoms with Gasteiger partial charge in [-0.1, -0.05) is 6.92 Å². The van der Waals surface area contributed by atoms with Crippen LogP contribution in [-0.2, 0) is 0 Å². The largest absolute Gasteiger partial charge is 0.508 e. The van der Waals surface area contributed by atoms with Crippen molar-refractivity contribution in [3.8, 4) is 27.7 Å². The predicted molar refractivity (Wildman–Crippen MR) is 127 cm³/mol. The third-order valence-corrected chi connectivity index (χ3v) is 7.09. The van der Waals surface area contributed by atoms with Crippen molar-refractivity contribution in [2.45, 2.75) is 13.0 Å². The van der Waals surface area contributed by atoms with Gasteiger partial charge >= 0.3 is 0 Å². The molecule has 1 fully saturated rings. The summed E-state index contributed by atoms with van der Waals surface area (Å²) in [5, 5.41) is 20.2.